The second-order valence-electron chi connectivity index (χ2n) is 4.59. The van der Waals surface area contributed by atoms with Gasteiger partial charge in [-0.2, -0.15) is 0 Å². The normalized spacial score (nSPS) is 15.1. The number of halogens is 1. The maximum absolute atomic E-state index is 11.8. The van der Waals surface area contributed by atoms with Crippen LogP contribution in [0.15, 0.2) is 28.7 Å². The highest BCUT2D eigenvalue weighted by Crippen LogP contribution is 2.21. The molecular weight excluding hydrogens is 332 g/mol. The number of hydrogen-bond acceptors (Lipinski definition) is 3. The first-order valence-corrected chi connectivity index (χ1v) is 8.53. The topological polar surface area (TPSA) is 66.5 Å². The summed E-state index contributed by atoms with van der Waals surface area (Å²) in [6, 6.07) is 7.03. The summed E-state index contributed by atoms with van der Waals surface area (Å²) in [6.45, 7) is -0.184. The molecule has 0 bridgehead atoms. The number of hydrogen-bond donors (Lipinski definition) is 1. The molecular formula is C12H15BrN2O3S. The van der Waals surface area contributed by atoms with Crippen molar-refractivity contribution in [3.8, 4) is 0 Å². The van der Waals surface area contributed by atoms with Gasteiger partial charge in [-0.05, 0) is 37.1 Å². The van der Waals surface area contributed by atoms with Crippen LogP contribution in [0.1, 0.15) is 12.8 Å². The van der Waals surface area contributed by atoms with Crippen LogP contribution in [0.2, 0.25) is 0 Å². The lowest BCUT2D eigenvalue weighted by Crippen LogP contribution is -2.41. The number of amides is 1. The molecule has 19 heavy (non-hydrogen) atoms. The third-order valence-electron chi connectivity index (χ3n) is 2.74. The smallest absolute Gasteiger partial charge is 0.240 e. The quantitative estimate of drug-likeness (QED) is 0.878. The van der Waals surface area contributed by atoms with Gasteiger partial charge in [-0.25, -0.2) is 8.42 Å². The molecule has 2 rings (SSSR count). The van der Waals surface area contributed by atoms with Gasteiger partial charge in [-0.15, -0.1) is 0 Å². The second kappa shape index (κ2) is 5.50. The summed E-state index contributed by atoms with van der Waals surface area (Å²) >= 11 is 3.29. The average molecular weight is 347 g/mol. The average Bonchev–Trinajstić information content (AvgIpc) is 3.10. The van der Waals surface area contributed by atoms with Crippen LogP contribution in [0.4, 0.5) is 5.69 Å². The number of rotatable bonds is 5. The van der Waals surface area contributed by atoms with Gasteiger partial charge in [0.2, 0.25) is 15.9 Å². The Morgan fingerprint density at radius 3 is 2.42 bits per heavy atom. The van der Waals surface area contributed by atoms with E-state index >= 15 is 0 Å². The molecule has 1 aromatic carbocycles. The number of sulfonamides is 1. The molecule has 0 saturated heterocycles. The van der Waals surface area contributed by atoms with Crippen molar-refractivity contribution in [2.75, 3.05) is 17.1 Å². The van der Waals surface area contributed by atoms with Crippen LogP contribution in [0.5, 0.6) is 0 Å². The molecule has 1 fully saturated rings. The van der Waals surface area contributed by atoms with Crippen LogP contribution < -0.4 is 9.62 Å². The van der Waals surface area contributed by atoms with E-state index in [2.05, 4.69) is 21.2 Å². The van der Waals surface area contributed by atoms with Crippen LogP contribution >= 0.6 is 15.9 Å². The zero-order valence-electron chi connectivity index (χ0n) is 10.5. The molecule has 0 unspecified atom stereocenters. The minimum atomic E-state index is -3.48. The Morgan fingerprint density at radius 2 is 1.95 bits per heavy atom. The van der Waals surface area contributed by atoms with Gasteiger partial charge in [0.15, 0.2) is 0 Å². The van der Waals surface area contributed by atoms with Crippen molar-refractivity contribution >= 4 is 37.5 Å². The molecule has 5 nitrogen and oxygen atoms in total. The molecule has 1 aromatic rings. The molecule has 1 amide bonds. The van der Waals surface area contributed by atoms with Crippen molar-refractivity contribution in [1.82, 2.24) is 5.32 Å². The van der Waals surface area contributed by atoms with Crippen LogP contribution in [-0.2, 0) is 14.8 Å². The molecule has 0 aliphatic heterocycles. The molecule has 0 aromatic heterocycles. The van der Waals surface area contributed by atoms with E-state index < -0.39 is 10.0 Å². The lowest BCUT2D eigenvalue weighted by molar-refractivity contribution is -0.119. The summed E-state index contributed by atoms with van der Waals surface area (Å²) in [4.78, 5) is 11.8. The predicted molar refractivity (Wildman–Crippen MR) is 77.5 cm³/mol. The number of carbonyl (C=O) groups is 1. The van der Waals surface area contributed by atoms with Crippen molar-refractivity contribution < 1.29 is 13.2 Å². The fourth-order valence-electron chi connectivity index (χ4n) is 1.64. The molecule has 1 aliphatic carbocycles. The third kappa shape index (κ3) is 4.21. The van der Waals surface area contributed by atoms with Crippen molar-refractivity contribution in [2.45, 2.75) is 18.9 Å². The van der Waals surface area contributed by atoms with E-state index in [4.69, 9.17) is 0 Å². The standard InChI is InChI=1S/C12H15BrN2O3S/c1-19(17,18)15(8-12(16)14-10-4-5-10)11-6-2-9(13)3-7-11/h2-3,6-7,10H,4-5,8H2,1H3,(H,14,16). The highest BCUT2D eigenvalue weighted by molar-refractivity contribution is 9.10. The summed E-state index contributed by atoms with van der Waals surface area (Å²) in [6.07, 6.45) is 3.05. The van der Waals surface area contributed by atoms with Crippen LogP contribution in [-0.4, -0.2) is 33.2 Å². The van der Waals surface area contributed by atoms with Gasteiger partial charge in [0.1, 0.15) is 6.54 Å². The van der Waals surface area contributed by atoms with Gasteiger partial charge in [0.25, 0.3) is 0 Å². The summed E-state index contributed by atoms with van der Waals surface area (Å²) in [5.41, 5.74) is 0.483. The van der Waals surface area contributed by atoms with Crippen LogP contribution in [0.3, 0.4) is 0 Å². The summed E-state index contributed by atoms with van der Waals surface area (Å²) < 4.78 is 25.5. The highest BCUT2D eigenvalue weighted by Gasteiger charge is 2.26. The number of nitrogens with one attached hydrogen (secondary N) is 1. The van der Waals surface area contributed by atoms with Crippen LogP contribution in [0.25, 0.3) is 0 Å². The van der Waals surface area contributed by atoms with Gasteiger partial charge in [-0.3, -0.25) is 9.10 Å². The fourth-order valence-corrected chi connectivity index (χ4v) is 2.76. The van der Waals surface area contributed by atoms with E-state index in [1.165, 1.54) is 0 Å². The first-order valence-electron chi connectivity index (χ1n) is 5.89. The lowest BCUT2D eigenvalue weighted by Gasteiger charge is -2.21. The third-order valence-corrected chi connectivity index (χ3v) is 4.41. The second-order valence-corrected chi connectivity index (χ2v) is 7.41. The fraction of sp³-hybridized carbons (Fsp3) is 0.417. The molecule has 1 N–H and O–H groups in total. The van der Waals surface area contributed by atoms with Gasteiger partial charge < -0.3 is 5.32 Å². The molecule has 0 heterocycles. The molecule has 1 aliphatic rings. The van der Waals surface area contributed by atoms with E-state index in [0.29, 0.717) is 5.69 Å². The Kier molecular flexibility index (Phi) is 4.15. The zero-order chi connectivity index (χ0) is 14.0. The molecule has 7 heteroatoms. The maximum atomic E-state index is 11.8. The largest absolute Gasteiger partial charge is 0.352 e. The SMILES string of the molecule is CS(=O)(=O)N(CC(=O)NC1CC1)c1ccc(Br)cc1. The number of carbonyl (C=O) groups excluding carboxylic acids is 1. The first kappa shape index (κ1) is 14.3. The summed E-state index contributed by atoms with van der Waals surface area (Å²) in [5.74, 6) is -0.268. The molecule has 0 atom stereocenters. The maximum Gasteiger partial charge on any atom is 0.240 e. The Labute approximate surface area is 121 Å². The first-order chi connectivity index (χ1) is 8.86. The van der Waals surface area contributed by atoms with Gasteiger partial charge in [-0.1, -0.05) is 15.9 Å². The van der Waals surface area contributed by atoms with Crippen molar-refractivity contribution in [3.63, 3.8) is 0 Å². The zero-order valence-corrected chi connectivity index (χ0v) is 12.9. The van der Waals surface area contributed by atoms with E-state index in [-0.39, 0.29) is 18.5 Å². The monoisotopic (exact) mass is 346 g/mol. The Hall–Kier alpha value is -1.08. The number of anilines is 1. The molecule has 0 radical (unpaired) electrons. The Balaban J connectivity index is 2.15. The van der Waals surface area contributed by atoms with Gasteiger partial charge in [0, 0.05) is 10.5 Å². The Morgan fingerprint density at radius 1 is 1.37 bits per heavy atom. The molecule has 104 valence electrons. The minimum Gasteiger partial charge on any atom is -0.352 e. The van der Waals surface area contributed by atoms with Crippen LogP contribution in [0, 0.1) is 0 Å². The number of nitrogens with zero attached hydrogens (tertiary/aromatic N) is 1. The van der Waals surface area contributed by atoms with Gasteiger partial charge in [0.05, 0.1) is 11.9 Å². The summed E-state index contributed by atoms with van der Waals surface area (Å²) in [7, 11) is -3.48. The highest BCUT2D eigenvalue weighted by atomic mass is 79.9. The van der Waals surface area contributed by atoms with Crippen molar-refractivity contribution in [3.05, 3.63) is 28.7 Å². The molecule has 0 spiro atoms. The van der Waals surface area contributed by atoms with E-state index in [1.807, 2.05) is 0 Å². The minimum absolute atomic E-state index is 0.184. The van der Waals surface area contributed by atoms with E-state index in [1.54, 1.807) is 24.3 Å². The number of benzene rings is 1. The van der Waals surface area contributed by atoms with Gasteiger partial charge >= 0.3 is 0 Å². The predicted octanol–water partition coefficient (Wildman–Crippen LogP) is 1.49. The van der Waals surface area contributed by atoms with E-state index in [0.717, 1.165) is 27.9 Å². The molecule has 1 saturated carbocycles. The van der Waals surface area contributed by atoms with Crippen molar-refractivity contribution in [2.24, 2.45) is 0 Å². The van der Waals surface area contributed by atoms with Crippen molar-refractivity contribution in [1.29, 1.82) is 0 Å². The van der Waals surface area contributed by atoms with E-state index in [9.17, 15) is 13.2 Å². The lowest BCUT2D eigenvalue weighted by atomic mass is 10.3. The Bertz CT molecular complexity index is 567. The summed E-state index contributed by atoms with van der Waals surface area (Å²) in [5, 5.41) is 2.78.